The van der Waals surface area contributed by atoms with Gasteiger partial charge in [-0.1, -0.05) is 12.1 Å². The van der Waals surface area contributed by atoms with Crippen molar-refractivity contribution in [3.8, 4) is 5.75 Å². The van der Waals surface area contributed by atoms with Gasteiger partial charge in [-0.2, -0.15) is 11.8 Å². The summed E-state index contributed by atoms with van der Waals surface area (Å²) in [6, 6.07) is 6.74. The Morgan fingerprint density at radius 1 is 1.40 bits per heavy atom. The molecule has 0 aromatic heterocycles. The molecule has 1 aliphatic heterocycles. The van der Waals surface area contributed by atoms with Crippen LogP contribution in [0, 0.1) is 0 Å². The normalized spacial score (nSPS) is 18.4. The number of benzene rings is 1. The fraction of sp³-hybridized carbons (Fsp3) is 0.467. The summed E-state index contributed by atoms with van der Waals surface area (Å²) in [4.78, 5) is 23.3. The quantitative estimate of drug-likeness (QED) is 0.475. The average Bonchev–Trinajstić information content (AvgIpc) is 2.48. The molecular weight excluding hydrogens is 276 g/mol. The van der Waals surface area contributed by atoms with E-state index in [1.807, 2.05) is 11.8 Å². The summed E-state index contributed by atoms with van der Waals surface area (Å²) < 4.78 is 10.6. The minimum Gasteiger partial charge on any atom is -0.490 e. The van der Waals surface area contributed by atoms with Gasteiger partial charge in [0, 0.05) is 11.3 Å². The van der Waals surface area contributed by atoms with E-state index in [-0.39, 0.29) is 12.7 Å². The van der Waals surface area contributed by atoms with Gasteiger partial charge in [0.1, 0.15) is 11.9 Å². The maximum atomic E-state index is 11.8. The smallest absolute Gasteiger partial charge is 0.379 e. The lowest BCUT2D eigenvalue weighted by molar-refractivity contribution is -0.137. The summed E-state index contributed by atoms with van der Waals surface area (Å²) in [6.45, 7) is 1.87. The summed E-state index contributed by atoms with van der Waals surface area (Å²) >= 11 is 1.88. The topological polar surface area (TPSA) is 52.6 Å². The Balaban J connectivity index is 2.03. The number of carbonyl (C=O) groups is 2. The number of hydrogen-bond acceptors (Lipinski definition) is 5. The minimum atomic E-state index is -0.821. The van der Waals surface area contributed by atoms with Crippen LogP contribution in [0.25, 0.3) is 0 Å². The van der Waals surface area contributed by atoms with Crippen LogP contribution in [0.4, 0.5) is 0 Å². The molecule has 1 saturated heterocycles. The number of carbonyl (C=O) groups excluding carboxylic acids is 2. The van der Waals surface area contributed by atoms with Gasteiger partial charge in [-0.15, -0.1) is 0 Å². The standard InChI is InChI=1S/C15H18O4S/c1-2-18-15(17)14(16)11-5-3-6-12(9-11)19-13-7-4-8-20-10-13/h3,5-6,9,13H,2,4,7-8,10H2,1H3. The van der Waals surface area contributed by atoms with E-state index in [1.165, 1.54) is 5.75 Å². The van der Waals surface area contributed by atoms with E-state index < -0.39 is 11.8 Å². The van der Waals surface area contributed by atoms with Crippen LogP contribution >= 0.6 is 11.8 Å². The van der Waals surface area contributed by atoms with E-state index in [2.05, 4.69) is 0 Å². The van der Waals surface area contributed by atoms with E-state index in [4.69, 9.17) is 9.47 Å². The van der Waals surface area contributed by atoms with E-state index in [9.17, 15) is 9.59 Å². The number of thioether (sulfide) groups is 1. The van der Waals surface area contributed by atoms with Crippen molar-refractivity contribution in [1.29, 1.82) is 0 Å². The molecule has 0 bridgehead atoms. The molecule has 20 heavy (non-hydrogen) atoms. The number of Topliss-reactive ketones (excluding diaryl/α,β-unsaturated/α-hetero) is 1. The third kappa shape index (κ3) is 4.00. The number of ether oxygens (including phenoxy) is 2. The monoisotopic (exact) mass is 294 g/mol. The summed E-state index contributed by atoms with van der Waals surface area (Å²) in [5.41, 5.74) is 0.310. The predicted molar refractivity (Wildman–Crippen MR) is 78.4 cm³/mol. The first-order chi connectivity index (χ1) is 9.70. The molecule has 1 fully saturated rings. The number of esters is 1. The molecule has 0 aliphatic carbocycles. The van der Waals surface area contributed by atoms with Crippen LogP contribution in [0.3, 0.4) is 0 Å². The highest BCUT2D eigenvalue weighted by Gasteiger charge is 2.19. The molecule has 0 spiro atoms. The third-order valence-corrected chi connectivity index (χ3v) is 4.16. The van der Waals surface area contributed by atoms with Crippen molar-refractivity contribution in [2.75, 3.05) is 18.1 Å². The fourth-order valence-corrected chi connectivity index (χ4v) is 3.06. The van der Waals surface area contributed by atoms with Crippen molar-refractivity contribution in [2.24, 2.45) is 0 Å². The van der Waals surface area contributed by atoms with Gasteiger partial charge in [0.2, 0.25) is 0 Å². The summed E-state index contributed by atoms with van der Waals surface area (Å²) in [5.74, 6) is 1.33. The molecule has 108 valence electrons. The predicted octanol–water partition coefficient (Wildman–Crippen LogP) is 2.71. The van der Waals surface area contributed by atoms with Crippen molar-refractivity contribution < 1.29 is 19.1 Å². The van der Waals surface area contributed by atoms with Crippen LogP contribution < -0.4 is 4.74 Å². The van der Waals surface area contributed by atoms with Gasteiger partial charge in [-0.3, -0.25) is 4.79 Å². The van der Waals surface area contributed by atoms with E-state index in [1.54, 1.807) is 31.2 Å². The summed E-state index contributed by atoms with van der Waals surface area (Å²) in [5, 5.41) is 0. The van der Waals surface area contributed by atoms with Crippen molar-refractivity contribution in [1.82, 2.24) is 0 Å². The zero-order valence-corrected chi connectivity index (χ0v) is 12.3. The molecule has 2 rings (SSSR count). The molecule has 1 atom stereocenters. The Kier molecular flexibility index (Phi) is 5.47. The van der Waals surface area contributed by atoms with E-state index in [0.29, 0.717) is 11.3 Å². The second-order valence-corrected chi connectivity index (χ2v) is 5.68. The average molecular weight is 294 g/mol. The van der Waals surface area contributed by atoms with Crippen molar-refractivity contribution >= 4 is 23.5 Å². The fourth-order valence-electron chi connectivity index (χ4n) is 2.02. The molecule has 0 N–H and O–H groups in total. The Morgan fingerprint density at radius 3 is 2.95 bits per heavy atom. The van der Waals surface area contributed by atoms with E-state index in [0.717, 1.165) is 18.6 Å². The number of rotatable bonds is 5. The summed E-state index contributed by atoms with van der Waals surface area (Å²) in [6.07, 6.45) is 2.36. The Labute approximate surface area is 122 Å². The van der Waals surface area contributed by atoms with Crippen LogP contribution in [0.15, 0.2) is 24.3 Å². The first-order valence-electron chi connectivity index (χ1n) is 6.76. The Morgan fingerprint density at radius 2 is 2.25 bits per heavy atom. The van der Waals surface area contributed by atoms with Gasteiger partial charge in [-0.05, 0) is 37.7 Å². The van der Waals surface area contributed by atoms with Gasteiger partial charge < -0.3 is 9.47 Å². The SMILES string of the molecule is CCOC(=O)C(=O)c1cccc(OC2CCCSC2)c1. The second-order valence-electron chi connectivity index (χ2n) is 4.53. The Hall–Kier alpha value is -1.49. The van der Waals surface area contributed by atoms with Crippen molar-refractivity contribution in [2.45, 2.75) is 25.9 Å². The van der Waals surface area contributed by atoms with Crippen molar-refractivity contribution in [3.63, 3.8) is 0 Å². The van der Waals surface area contributed by atoms with Gasteiger partial charge in [-0.25, -0.2) is 4.79 Å². The van der Waals surface area contributed by atoms with Gasteiger partial charge in [0.15, 0.2) is 0 Å². The lowest BCUT2D eigenvalue weighted by Gasteiger charge is -2.22. The van der Waals surface area contributed by atoms with Crippen LogP contribution in [-0.2, 0) is 9.53 Å². The molecule has 4 nitrogen and oxygen atoms in total. The molecular formula is C15H18O4S. The van der Waals surface area contributed by atoms with Gasteiger partial charge in [0.05, 0.1) is 6.61 Å². The largest absolute Gasteiger partial charge is 0.490 e. The highest BCUT2D eigenvalue weighted by Crippen LogP contribution is 2.23. The molecule has 1 unspecified atom stereocenters. The molecule has 1 heterocycles. The van der Waals surface area contributed by atoms with Crippen molar-refractivity contribution in [3.05, 3.63) is 29.8 Å². The molecule has 1 aromatic rings. The number of hydrogen-bond donors (Lipinski definition) is 0. The maximum Gasteiger partial charge on any atom is 0.379 e. The Bertz CT molecular complexity index is 481. The lowest BCUT2D eigenvalue weighted by Crippen LogP contribution is -2.23. The highest BCUT2D eigenvalue weighted by atomic mass is 32.2. The number of ketones is 1. The van der Waals surface area contributed by atoms with Crippen LogP contribution in [-0.4, -0.2) is 36.0 Å². The highest BCUT2D eigenvalue weighted by molar-refractivity contribution is 7.99. The van der Waals surface area contributed by atoms with Crippen LogP contribution in [0.1, 0.15) is 30.1 Å². The van der Waals surface area contributed by atoms with Crippen LogP contribution in [0.5, 0.6) is 5.75 Å². The molecule has 0 amide bonds. The van der Waals surface area contributed by atoms with Gasteiger partial charge >= 0.3 is 5.97 Å². The third-order valence-electron chi connectivity index (χ3n) is 2.98. The zero-order valence-electron chi connectivity index (χ0n) is 11.5. The molecule has 5 heteroatoms. The minimum absolute atomic E-state index is 0.182. The molecule has 0 saturated carbocycles. The maximum absolute atomic E-state index is 11.8. The molecule has 0 radical (unpaired) electrons. The first kappa shape index (κ1) is 14.9. The summed E-state index contributed by atoms with van der Waals surface area (Å²) in [7, 11) is 0. The van der Waals surface area contributed by atoms with Gasteiger partial charge in [0.25, 0.3) is 5.78 Å². The zero-order chi connectivity index (χ0) is 14.4. The molecule has 1 aromatic carbocycles. The van der Waals surface area contributed by atoms with Crippen LogP contribution in [0.2, 0.25) is 0 Å². The van der Waals surface area contributed by atoms with E-state index >= 15 is 0 Å². The molecule has 1 aliphatic rings. The lowest BCUT2D eigenvalue weighted by atomic mass is 10.1. The second kappa shape index (κ2) is 7.33. The first-order valence-corrected chi connectivity index (χ1v) is 7.92.